The molecular formula is C27H29N5O2S3. The maximum absolute atomic E-state index is 12.3. The minimum Gasteiger partial charge on any atom is -0.301 e. The van der Waals surface area contributed by atoms with Crippen LogP contribution in [-0.2, 0) is 41.7 Å². The first-order valence-corrected chi connectivity index (χ1v) is 15.0. The molecular weight excluding hydrogens is 523 g/mol. The quantitative estimate of drug-likeness (QED) is 0.202. The lowest BCUT2D eigenvalue weighted by Gasteiger charge is -2.01. The molecule has 4 aromatic rings. The summed E-state index contributed by atoms with van der Waals surface area (Å²) in [6, 6.07) is 20.0. The first kappa shape index (κ1) is 27.1. The maximum atomic E-state index is 12.3. The van der Waals surface area contributed by atoms with Crippen LogP contribution in [0.3, 0.4) is 0 Å². The molecule has 0 aliphatic rings. The summed E-state index contributed by atoms with van der Waals surface area (Å²) in [6.07, 6.45) is 4.41. The fourth-order valence-corrected chi connectivity index (χ4v) is 6.32. The van der Waals surface area contributed by atoms with Crippen LogP contribution in [0.25, 0.3) is 0 Å². The van der Waals surface area contributed by atoms with Gasteiger partial charge in [0.05, 0.1) is 6.42 Å². The minimum atomic E-state index is -0.0461. The molecule has 0 atom stereocenters. The van der Waals surface area contributed by atoms with Crippen LogP contribution >= 0.6 is 34.4 Å². The van der Waals surface area contributed by atoms with Crippen LogP contribution in [0.5, 0.6) is 0 Å². The van der Waals surface area contributed by atoms with Gasteiger partial charge in [-0.3, -0.25) is 9.59 Å². The van der Waals surface area contributed by atoms with Crippen molar-refractivity contribution in [3.8, 4) is 0 Å². The van der Waals surface area contributed by atoms with Crippen molar-refractivity contribution in [3.05, 3.63) is 86.8 Å². The minimum absolute atomic E-state index is 0.0461. The number of benzene rings is 2. The van der Waals surface area contributed by atoms with E-state index in [9.17, 15) is 9.59 Å². The average Bonchev–Trinajstić information content (AvgIpc) is 3.56. The van der Waals surface area contributed by atoms with Crippen molar-refractivity contribution in [3.63, 3.8) is 0 Å². The van der Waals surface area contributed by atoms with Crippen LogP contribution in [0.15, 0.2) is 60.7 Å². The molecule has 1 amide bonds. The summed E-state index contributed by atoms with van der Waals surface area (Å²) in [6.45, 7) is 0. The molecule has 2 aromatic heterocycles. The first-order chi connectivity index (χ1) is 18.1. The summed E-state index contributed by atoms with van der Waals surface area (Å²) in [4.78, 5) is 24.5. The Morgan fingerprint density at radius 1 is 0.676 bits per heavy atom. The van der Waals surface area contributed by atoms with Gasteiger partial charge in [0.25, 0.3) is 0 Å². The van der Waals surface area contributed by atoms with E-state index in [2.05, 4.69) is 25.7 Å². The molecule has 0 fully saturated rings. The third-order valence-corrected chi connectivity index (χ3v) is 8.38. The summed E-state index contributed by atoms with van der Waals surface area (Å²) in [7, 11) is 0. The molecule has 0 saturated heterocycles. The highest BCUT2D eigenvalue weighted by Gasteiger charge is 2.11. The fourth-order valence-electron chi connectivity index (χ4n) is 3.56. The van der Waals surface area contributed by atoms with Crippen LogP contribution in [-0.4, -0.2) is 43.6 Å². The normalized spacial score (nSPS) is 10.9. The van der Waals surface area contributed by atoms with Gasteiger partial charge in [-0.25, -0.2) is 0 Å². The topological polar surface area (TPSA) is 97.7 Å². The van der Waals surface area contributed by atoms with E-state index in [-0.39, 0.29) is 11.7 Å². The maximum Gasteiger partial charge on any atom is 0.226 e. The van der Waals surface area contributed by atoms with Crippen molar-refractivity contribution in [2.75, 3.05) is 16.8 Å². The summed E-state index contributed by atoms with van der Waals surface area (Å²) in [5.41, 5.74) is 2.32. The number of Topliss-reactive ketones (excluding diaryl/α,β-unsaturated/α-hetero) is 1. The number of aromatic nitrogens is 4. The molecule has 4 rings (SSSR count). The number of thioether (sulfide) groups is 1. The van der Waals surface area contributed by atoms with E-state index in [0.29, 0.717) is 30.8 Å². The molecule has 0 aliphatic heterocycles. The molecule has 7 nitrogen and oxygen atoms in total. The highest BCUT2D eigenvalue weighted by Crippen LogP contribution is 2.19. The Balaban J connectivity index is 1.08. The molecule has 0 saturated carbocycles. The monoisotopic (exact) mass is 551 g/mol. The third kappa shape index (κ3) is 9.79. The highest BCUT2D eigenvalue weighted by molar-refractivity contribution is 7.99. The number of rotatable bonds is 15. The van der Waals surface area contributed by atoms with Crippen LogP contribution in [0.4, 0.5) is 5.13 Å². The van der Waals surface area contributed by atoms with Crippen LogP contribution in [0.2, 0.25) is 0 Å². The van der Waals surface area contributed by atoms with E-state index >= 15 is 0 Å². The lowest BCUT2D eigenvalue weighted by Crippen LogP contribution is -2.12. The number of aryl methyl sites for hydroxylation is 4. The van der Waals surface area contributed by atoms with Crippen molar-refractivity contribution in [2.45, 2.75) is 44.9 Å². The van der Waals surface area contributed by atoms with E-state index in [1.54, 1.807) is 0 Å². The largest absolute Gasteiger partial charge is 0.301 e. The number of anilines is 1. The Bertz CT molecular complexity index is 1160. The molecule has 37 heavy (non-hydrogen) atoms. The van der Waals surface area contributed by atoms with Crippen molar-refractivity contribution < 1.29 is 9.59 Å². The van der Waals surface area contributed by atoms with E-state index in [1.807, 2.05) is 72.4 Å². The molecule has 10 heteroatoms. The van der Waals surface area contributed by atoms with Gasteiger partial charge in [0, 0.05) is 25.7 Å². The van der Waals surface area contributed by atoms with Gasteiger partial charge in [0.2, 0.25) is 11.0 Å². The summed E-state index contributed by atoms with van der Waals surface area (Å²) < 4.78 is 0. The Hall–Kier alpha value is -2.95. The van der Waals surface area contributed by atoms with Gasteiger partial charge in [-0.15, -0.1) is 31.7 Å². The molecule has 1 N–H and O–H groups in total. The predicted molar refractivity (Wildman–Crippen MR) is 151 cm³/mol. The Morgan fingerprint density at radius 3 is 1.92 bits per heavy atom. The number of hydrogen-bond acceptors (Lipinski definition) is 9. The highest BCUT2D eigenvalue weighted by atomic mass is 32.2. The number of hydrogen-bond donors (Lipinski definition) is 1. The summed E-state index contributed by atoms with van der Waals surface area (Å²) in [5.74, 6) is 2.00. The number of nitrogens with one attached hydrogen (secondary N) is 1. The lowest BCUT2D eigenvalue weighted by atomic mass is 10.1. The molecule has 0 spiro atoms. The molecule has 0 aliphatic carbocycles. The second kappa shape index (κ2) is 14.7. The van der Waals surface area contributed by atoms with Gasteiger partial charge in [-0.2, -0.15) is 11.8 Å². The zero-order chi connectivity index (χ0) is 25.7. The second-order valence-corrected chi connectivity index (χ2v) is 11.9. The van der Waals surface area contributed by atoms with E-state index in [0.717, 1.165) is 51.4 Å². The van der Waals surface area contributed by atoms with Gasteiger partial charge in [0.1, 0.15) is 20.8 Å². The summed E-state index contributed by atoms with van der Waals surface area (Å²) >= 11 is 4.79. The van der Waals surface area contributed by atoms with E-state index in [1.165, 1.54) is 28.2 Å². The fraction of sp³-hybridized carbons (Fsp3) is 0.333. The first-order valence-electron chi connectivity index (χ1n) is 12.2. The number of carbonyl (C=O) groups excluding carboxylic acids is 2. The van der Waals surface area contributed by atoms with E-state index in [4.69, 9.17) is 0 Å². The zero-order valence-electron chi connectivity index (χ0n) is 20.5. The van der Waals surface area contributed by atoms with Crippen LogP contribution in [0.1, 0.15) is 39.0 Å². The van der Waals surface area contributed by atoms with E-state index < -0.39 is 0 Å². The zero-order valence-corrected chi connectivity index (χ0v) is 22.9. The van der Waals surface area contributed by atoms with Gasteiger partial charge >= 0.3 is 0 Å². The van der Waals surface area contributed by atoms with Crippen molar-refractivity contribution in [1.29, 1.82) is 0 Å². The molecule has 0 radical (unpaired) electrons. The molecule has 0 unspecified atom stereocenters. The van der Waals surface area contributed by atoms with Gasteiger partial charge in [-0.05, 0) is 35.5 Å². The van der Waals surface area contributed by atoms with Crippen LogP contribution < -0.4 is 5.32 Å². The predicted octanol–water partition coefficient (Wildman–Crippen LogP) is 5.22. The van der Waals surface area contributed by atoms with Gasteiger partial charge in [0.15, 0.2) is 0 Å². The number of nitrogens with zero attached hydrogens (tertiary/aromatic N) is 4. The average molecular weight is 552 g/mol. The molecule has 2 heterocycles. The Morgan fingerprint density at radius 2 is 1.24 bits per heavy atom. The number of ketones is 1. The third-order valence-electron chi connectivity index (χ3n) is 5.51. The van der Waals surface area contributed by atoms with Crippen LogP contribution in [0, 0.1) is 0 Å². The Labute approximate surface area is 229 Å². The summed E-state index contributed by atoms with van der Waals surface area (Å²) in [5, 5.41) is 22.8. The van der Waals surface area contributed by atoms with Gasteiger partial charge < -0.3 is 5.32 Å². The molecule has 192 valence electrons. The molecule has 2 aromatic carbocycles. The lowest BCUT2D eigenvalue weighted by molar-refractivity contribution is -0.118. The van der Waals surface area contributed by atoms with Crippen molar-refractivity contribution in [2.24, 2.45) is 0 Å². The number of amides is 1. The SMILES string of the molecule is O=C(CCc1ccccc1)Cc1nnc(CCSCCc2nnc(NC(=O)CCc3ccccc3)s2)s1. The molecule has 0 bridgehead atoms. The second-order valence-electron chi connectivity index (χ2n) is 8.44. The standard InChI is InChI=1S/C27H29N5O2S3/c33-22(13-11-20-7-3-1-4-8-20)19-26-31-29-24(36-26)15-17-35-18-16-25-30-32-27(37-25)28-23(34)14-12-21-9-5-2-6-10-21/h1-10H,11-19H2,(H,28,32,34). The number of carbonyl (C=O) groups is 2. The van der Waals surface area contributed by atoms with Gasteiger partial charge in [-0.1, -0.05) is 72.0 Å². The van der Waals surface area contributed by atoms with Crippen molar-refractivity contribution >= 4 is 51.3 Å². The van der Waals surface area contributed by atoms with Crippen molar-refractivity contribution in [1.82, 2.24) is 20.4 Å². The Kier molecular flexibility index (Phi) is 10.8. The smallest absolute Gasteiger partial charge is 0.226 e.